The number of amides is 1. The molecule has 0 saturated carbocycles. The predicted octanol–water partition coefficient (Wildman–Crippen LogP) is 3.29. The summed E-state index contributed by atoms with van der Waals surface area (Å²) in [6, 6.07) is 8.91. The Kier molecular flexibility index (Phi) is 7.63. The number of aryl methyl sites for hydroxylation is 1. The maximum absolute atomic E-state index is 13.7. The van der Waals surface area contributed by atoms with Crippen LogP contribution in [0.5, 0.6) is 0 Å². The molecule has 0 spiro atoms. The van der Waals surface area contributed by atoms with Crippen molar-refractivity contribution >= 4 is 21.6 Å². The normalized spacial score (nSPS) is 11.5. The Bertz CT molecular complexity index is 968. The van der Waals surface area contributed by atoms with Gasteiger partial charge in [0.2, 0.25) is 0 Å². The number of hydrogen-bond donors (Lipinski definition) is 1. The zero-order valence-electron chi connectivity index (χ0n) is 15.9. The lowest BCUT2D eigenvalue weighted by atomic mass is 10.2. The van der Waals surface area contributed by atoms with Crippen LogP contribution in [0.15, 0.2) is 47.4 Å². The second-order valence-corrected chi connectivity index (χ2v) is 7.91. The van der Waals surface area contributed by atoms with E-state index in [2.05, 4.69) is 4.72 Å². The van der Waals surface area contributed by atoms with Crippen LogP contribution in [0.4, 0.5) is 18.9 Å². The van der Waals surface area contributed by atoms with Gasteiger partial charge in [-0.2, -0.15) is 0 Å². The third kappa shape index (κ3) is 6.20. The summed E-state index contributed by atoms with van der Waals surface area (Å²) >= 11 is 0. The first kappa shape index (κ1) is 22.7. The van der Waals surface area contributed by atoms with Gasteiger partial charge >= 0.3 is 0 Å². The van der Waals surface area contributed by atoms with Crippen molar-refractivity contribution in [1.29, 1.82) is 0 Å². The molecule has 0 aliphatic carbocycles. The summed E-state index contributed by atoms with van der Waals surface area (Å²) in [5.41, 5.74) is 0.365. The van der Waals surface area contributed by atoms with Crippen molar-refractivity contribution in [3.05, 3.63) is 59.4 Å². The monoisotopic (exact) mass is 430 g/mol. The van der Waals surface area contributed by atoms with Gasteiger partial charge in [0.15, 0.2) is 0 Å². The van der Waals surface area contributed by atoms with Crippen LogP contribution in [0.1, 0.15) is 15.9 Å². The van der Waals surface area contributed by atoms with E-state index in [1.807, 2.05) is 0 Å². The van der Waals surface area contributed by atoms with Gasteiger partial charge < -0.3 is 9.64 Å². The van der Waals surface area contributed by atoms with E-state index in [0.717, 1.165) is 11.0 Å². The number of nitrogens with zero attached hydrogens (tertiary/aromatic N) is 1. The number of nitrogens with one attached hydrogen (secondary N) is 1. The first-order valence-corrected chi connectivity index (χ1v) is 10.1. The van der Waals surface area contributed by atoms with E-state index in [9.17, 15) is 26.4 Å². The van der Waals surface area contributed by atoms with Crippen LogP contribution in [0, 0.1) is 12.7 Å². The van der Waals surface area contributed by atoms with Gasteiger partial charge in [-0.15, -0.1) is 0 Å². The van der Waals surface area contributed by atoms with Gasteiger partial charge in [-0.05, 0) is 42.8 Å². The maximum atomic E-state index is 13.7. The minimum absolute atomic E-state index is 0.0250. The predicted molar refractivity (Wildman–Crippen MR) is 102 cm³/mol. The number of alkyl halides is 2. The highest BCUT2D eigenvalue weighted by atomic mass is 32.2. The Balaban J connectivity index is 2.25. The summed E-state index contributed by atoms with van der Waals surface area (Å²) < 4.78 is 71.3. The summed E-state index contributed by atoms with van der Waals surface area (Å²) in [5.74, 6) is -1.36. The fourth-order valence-corrected chi connectivity index (χ4v) is 3.56. The molecule has 0 heterocycles. The van der Waals surface area contributed by atoms with Crippen molar-refractivity contribution in [2.45, 2.75) is 18.2 Å². The molecular weight excluding hydrogens is 409 g/mol. The molecule has 0 bridgehead atoms. The van der Waals surface area contributed by atoms with Gasteiger partial charge in [0, 0.05) is 24.9 Å². The molecule has 0 atom stereocenters. The van der Waals surface area contributed by atoms with Crippen molar-refractivity contribution in [3.8, 4) is 0 Å². The molecule has 0 aliphatic heterocycles. The first-order chi connectivity index (χ1) is 13.6. The molecule has 29 heavy (non-hydrogen) atoms. The molecule has 2 aromatic rings. The lowest BCUT2D eigenvalue weighted by molar-refractivity contribution is 0.0478. The topological polar surface area (TPSA) is 75.7 Å². The molecule has 0 unspecified atom stereocenters. The fraction of sp³-hybridized carbons (Fsp3) is 0.316. The number of methoxy groups -OCH3 is 1. The molecule has 1 amide bonds. The van der Waals surface area contributed by atoms with Gasteiger partial charge in [0.05, 0.1) is 18.0 Å². The Hall–Kier alpha value is -2.59. The van der Waals surface area contributed by atoms with Crippen molar-refractivity contribution in [2.24, 2.45) is 0 Å². The average molecular weight is 430 g/mol. The second-order valence-electron chi connectivity index (χ2n) is 6.23. The Morgan fingerprint density at radius 3 is 2.55 bits per heavy atom. The minimum atomic E-state index is -4.10. The first-order valence-electron chi connectivity index (χ1n) is 8.59. The van der Waals surface area contributed by atoms with Crippen molar-refractivity contribution in [1.82, 2.24) is 4.90 Å². The van der Waals surface area contributed by atoms with E-state index in [-0.39, 0.29) is 29.3 Å². The van der Waals surface area contributed by atoms with Gasteiger partial charge in [-0.25, -0.2) is 21.6 Å². The number of anilines is 1. The van der Waals surface area contributed by atoms with Crippen LogP contribution in [0.25, 0.3) is 0 Å². The number of hydrogen-bond acceptors (Lipinski definition) is 4. The molecule has 0 saturated heterocycles. The van der Waals surface area contributed by atoms with Gasteiger partial charge in [-0.1, -0.05) is 12.1 Å². The number of benzene rings is 2. The quantitative estimate of drug-likeness (QED) is 0.663. The zero-order valence-corrected chi connectivity index (χ0v) is 16.7. The number of halogens is 3. The van der Waals surface area contributed by atoms with Crippen molar-refractivity contribution in [3.63, 3.8) is 0 Å². The molecule has 1 N–H and O–H groups in total. The van der Waals surface area contributed by atoms with Crippen molar-refractivity contribution in [2.75, 3.05) is 31.5 Å². The molecule has 0 radical (unpaired) electrons. The molecule has 0 aromatic heterocycles. The minimum Gasteiger partial charge on any atom is -0.383 e. The zero-order chi connectivity index (χ0) is 21.6. The van der Waals surface area contributed by atoms with E-state index in [1.165, 1.54) is 50.4 Å². The van der Waals surface area contributed by atoms with Gasteiger partial charge in [0.25, 0.3) is 22.4 Å². The number of carbonyl (C=O) groups excluding carboxylic acids is 1. The molecule has 10 heteroatoms. The average Bonchev–Trinajstić information content (AvgIpc) is 2.66. The highest BCUT2D eigenvalue weighted by Crippen LogP contribution is 2.20. The molecule has 0 aliphatic rings. The number of carbonyl (C=O) groups is 1. The second kappa shape index (κ2) is 9.75. The lowest BCUT2D eigenvalue weighted by Crippen LogP contribution is -2.37. The molecular formula is C19H21F3N2O4S. The third-order valence-electron chi connectivity index (χ3n) is 4.03. The van der Waals surface area contributed by atoms with E-state index in [1.54, 1.807) is 0 Å². The summed E-state index contributed by atoms with van der Waals surface area (Å²) in [7, 11) is -2.72. The molecule has 6 nitrogen and oxygen atoms in total. The molecule has 2 rings (SSSR count). The summed E-state index contributed by atoms with van der Waals surface area (Å²) in [6.45, 7) is 0.756. The Morgan fingerprint density at radius 2 is 1.93 bits per heavy atom. The SMILES string of the molecule is COCCN(CC(F)F)C(=O)c1cccc(NS(=O)(=O)c2ccc(C)c(F)c2)c1. The van der Waals surface area contributed by atoms with Crippen molar-refractivity contribution < 1.29 is 31.1 Å². The lowest BCUT2D eigenvalue weighted by Gasteiger charge is -2.22. The highest BCUT2D eigenvalue weighted by molar-refractivity contribution is 7.92. The van der Waals surface area contributed by atoms with E-state index in [4.69, 9.17) is 4.74 Å². The highest BCUT2D eigenvalue weighted by Gasteiger charge is 2.21. The van der Waals surface area contributed by atoms with E-state index in [0.29, 0.717) is 5.56 Å². The van der Waals surface area contributed by atoms with Crippen LogP contribution >= 0.6 is 0 Å². The van der Waals surface area contributed by atoms with Gasteiger partial charge in [-0.3, -0.25) is 9.52 Å². The Labute approximate surface area is 167 Å². The number of ether oxygens (including phenoxy) is 1. The van der Waals surface area contributed by atoms with Crippen LogP contribution in [-0.2, 0) is 14.8 Å². The summed E-state index contributed by atoms with van der Waals surface area (Å²) in [5, 5.41) is 0. The largest absolute Gasteiger partial charge is 0.383 e. The Morgan fingerprint density at radius 1 is 1.21 bits per heavy atom. The van der Waals surface area contributed by atoms with Gasteiger partial charge in [0.1, 0.15) is 5.82 Å². The summed E-state index contributed by atoms with van der Waals surface area (Å²) in [4.78, 5) is 13.2. The van der Waals surface area contributed by atoms with Crippen LogP contribution in [0.2, 0.25) is 0 Å². The fourth-order valence-electron chi connectivity index (χ4n) is 2.50. The van der Waals surface area contributed by atoms with Crippen LogP contribution in [-0.4, -0.2) is 52.5 Å². The molecule has 158 valence electrons. The van der Waals surface area contributed by atoms with E-state index >= 15 is 0 Å². The molecule has 2 aromatic carbocycles. The smallest absolute Gasteiger partial charge is 0.261 e. The maximum Gasteiger partial charge on any atom is 0.261 e. The summed E-state index contributed by atoms with van der Waals surface area (Å²) in [6.07, 6.45) is -2.73. The van der Waals surface area contributed by atoms with E-state index < -0.39 is 34.7 Å². The molecule has 0 fully saturated rings. The van der Waals surface area contributed by atoms with Crippen LogP contribution in [0.3, 0.4) is 0 Å². The third-order valence-corrected chi connectivity index (χ3v) is 5.41. The van der Waals surface area contributed by atoms with Crippen LogP contribution < -0.4 is 4.72 Å². The number of sulfonamides is 1. The number of rotatable bonds is 9. The standard InChI is InChI=1S/C19H21F3N2O4S/c1-13-6-7-16(11-17(13)20)29(26,27)23-15-5-3-4-14(10-15)19(25)24(8-9-28-2)12-18(21)22/h3-7,10-11,18,23H,8-9,12H2,1-2H3.